The van der Waals surface area contributed by atoms with Crippen molar-refractivity contribution in [2.75, 3.05) is 11.4 Å². The molecule has 2 atom stereocenters. The number of hydrogen-bond acceptors (Lipinski definition) is 5. The number of carbonyl (C=O) groups excluding carboxylic acids is 2. The van der Waals surface area contributed by atoms with E-state index in [2.05, 4.69) is 15.1 Å². The van der Waals surface area contributed by atoms with E-state index in [1.54, 1.807) is 20.7 Å². The molecule has 8 nitrogen and oxygen atoms in total. The molecule has 0 aliphatic carbocycles. The van der Waals surface area contributed by atoms with E-state index in [0.29, 0.717) is 18.7 Å². The number of hydrogen-bond donors (Lipinski definition) is 0. The first-order chi connectivity index (χ1) is 11.1. The van der Waals surface area contributed by atoms with Gasteiger partial charge in [-0.15, -0.1) is 0 Å². The van der Waals surface area contributed by atoms with Crippen molar-refractivity contribution >= 4 is 17.5 Å². The molecule has 0 N–H and O–H groups in total. The zero-order chi connectivity index (χ0) is 16.0. The third kappa shape index (κ3) is 2.18. The van der Waals surface area contributed by atoms with E-state index in [1.165, 1.54) is 18.6 Å². The monoisotopic (exact) mass is 312 g/mol. The number of nitrogens with zero attached hydrogens (tertiary/aromatic N) is 6. The van der Waals surface area contributed by atoms with Crippen LogP contribution in [0.2, 0.25) is 0 Å². The van der Waals surface area contributed by atoms with Crippen LogP contribution in [0.5, 0.6) is 0 Å². The Bertz CT molecular complexity index is 758. The molecule has 2 aliphatic rings. The zero-order valence-electron chi connectivity index (χ0n) is 12.7. The van der Waals surface area contributed by atoms with Crippen molar-refractivity contribution < 1.29 is 9.59 Å². The van der Waals surface area contributed by atoms with Crippen LogP contribution in [-0.2, 0) is 11.8 Å². The lowest BCUT2D eigenvalue weighted by Gasteiger charge is -2.24. The second-order valence-corrected chi connectivity index (χ2v) is 5.85. The zero-order valence-corrected chi connectivity index (χ0v) is 12.7. The normalized spacial score (nSPS) is 23.4. The van der Waals surface area contributed by atoms with E-state index < -0.39 is 0 Å². The predicted octanol–water partition coefficient (Wildman–Crippen LogP) is 0.230. The van der Waals surface area contributed by atoms with Gasteiger partial charge in [-0.25, -0.2) is 4.98 Å². The molecule has 4 rings (SSSR count). The van der Waals surface area contributed by atoms with Gasteiger partial charge in [0.2, 0.25) is 5.91 Å². The topological polar surface area (TPSA) is 84.2 Å². The highest BCUT2D eigenvalue weighted by Gasteiger charge is 2.49. The molecule has 118 valence electrons. The summed E-state index contributed by atoms with van der Waals surface area (Å²) in [6, 6.07) is -0.107. The summed E-state index contributed by atoms with van der Waals surface area (Å²) in [6.45, 7) is 0.620. The quantitative estimate of drug-likeness (QED) is 0.792. The second-order valence-electron chi connectivity index (χ2n) is 5.85. The van der Waals surface area contributed by atoms with Crippen molar-refractivity contribution in [3.8, 4) is 0 Å². The first kappa shape index (κ1) is 13.9. The molecular formula is C15H16N6O2. The molecule has 0 spiro atoms. The molecule has 4 heterocycles. The Kier molecular flexibility index (Phi) is 3.10. The van der Waals surface area contributed by atoms with E-state index in [0.717, 1.165) is 12.1 Å². The van der Waals surface area contributed by atoms with Crippen molar-refractivity contribution in [2.24, 2.45) is 7.05 Å². The number of rotatable bonds is 2. The van der Waals surface area contributed by atoms with Crippen molar-refractivity contribution in [1.29, 1.82) is 0 Å². The second kappa shape index (κ2) is 5.15. The largest absolute Gasteiger partial charge is 0.332 e. The Labute approximate surface area is 132 Å². The summed E-state index contributed by atoms with van der Waals surface area (Å²) in [6.07, 6.45) is 9.12. The highest BCUT2D eigenvalue weighted by molar-refractivity contribution is 5.99. The molecule has 2 amide bonds. The summed E-state index contributed by atoms with van der Waals surface area (Å²) >= 11 is 0. The van der Waals surface area contributed by atoms with Crippen LogP contribution in [-0.4, -0.2) is 55.1 Å². The summed E-state index contributed by atoms with van der Waals surface area (Å²) in [4.78, 5) is 36.6. The molecule has 8 heteroatoms. The van der Waals surface area contributed by atoms with Gasteiger partial charge in [0.15, 0.2) is 0 Å². The third-order valence-electron chi connectivity index (χ3n) is 4.51. The van der Waals surface area contributed by atoms with E-state index in [4.69, 9.17) is 0 Å². The number of fused-ring (bicyclic) bond motifs is 1. The van der Waals surface area contributed by atoms with Crippen LogP contribution in [0, 0.1) is 0 Å². The summed E-state index contributed by atoms with van der Waals surface area (Å²) in [7, 11) is 1.82. The van der Waals surface area contributed by atoms with E-state index in [-0.39, 0.29) is 23.9 Å². The van der Waals surface area contributed by atoms with Crippen molar-refractivity contribution in [3.63, 3.8) is 0 Å². The average molecular weight is 312 g/mol. The van der Waals surface area contributed by atoms with Crippen LogP contribution in [0.25, 0.3) is 0 Å². The fraction of sp³-hybridized carbons (Fsp3) is 0.400. The molecule has 2 saturated heterocycles. The SMILES string of the molecule is Cn1cc(N2C(=O)C[C@@H]3[C@@H]2CCN3C(=O)c2cnccn2)cn1. The van der Waals surface area contributed by atoms with E-state index in [9.17, 15) is 9.59 Å². The van der Waals surface area contributed by atoms with E-state index in [1.807, 2.05) is 13.2 Å². The maximum atomic E-state index is 12.6. The first-order valence-corrected chi connectivity index (χ1v) is 7.53. The molecule has 2 aromatic rings. The van der Waals surface area contributed by atoms with Gasteiger partial charge in [-0.1, -0.05) is 0 Å². The number of aromatic nitrogens is 4. The molecule has 0 unspecified atom stereocenters. The lowest BCUT2D eigenvalue weighted by atomic mass is 10.1. The summed E-state index contributed by atoms with van der Waals surface area (Å²) in [5.74, 6) is -0.129. The molecule has 23 heavy (non-hydrogen) atoms. The van der Waals surface area contributed by atoms with Gasteiger partial charge in [-0.3, -0.25) is 19.3 Å². The predicted molar refractivity (Wildman–Crippen MR) is 80.6 cm³/mol. The minimum absolute atomic E-state index is 0.00678. The Morgan fingerprint density at radius 3 is 2.83 bits per heavy atom. The van der Waals surface area contributed by atoms with Crippen LogP contribution in [0.3, 0.4) is 0 Å². The third-order valence-corrected chi connectivity index (χ3v) is 4.51. The molecule has 2 fully saturated rings. The van der Waals surface area contributed by atoms with Crippen LogP contribution >= 0.6 is 0 Å². The maximum Gasteiger partial charge on any atom is 0.274 e. The Balaban J connectivity index is 1.60. The molecular weight excluding hydrogens is 296 g/mol. The standard InChI is InChI=1S/C15H16N6O2/c1-19-9-10(7-18-19)21-12-2-5-20(13(12)6-14(21)22)15(23)11-8-16-3-4-17-11/h3-4,7-9,12-13H,2,5-6H2,1H3/t12-,13+/m0/s1. The van der Waals surface area contributed by atoms with Gasteiger partial charge in [-0.05, 0) is 6.42 Å². The van der Waals surface area contributed by atoms with Crippen LogP contribution in [0.4, 0.5) is 5.69 Å². The summed E-state index contributed by atoms with van der Waals surface area (Å²) in [5, 5.41) is 4.14. The highest BCUT2D eigenvalue weighted by Crippen LogP contribution is 2.36. The lowest BCUT2D eigenvalue weighted by Crippen LogP contribution is -2.40. The van der Waals surface area contributed by atoms with Gasteiger partial charge < -0.3 is 9.80 Å². The van der Waals surface area contributed by atoms with Gasteiger partial charge >= 0.3 is 0 Å². The number of aryl methyl sites for hydroxylation is 1. The van der Waals surface area contributed by atoms with Gasteiger partial charge in [0.1, 0.15) is 5.69 Å². The lowest BCUT2D eigenvalue weighted by molar-refractivity contribution is -0.117. The summed E-state index contributed by atoms with van der Waals surface area (Å²) in [5.41, 5.74) is 1.11. The molecule has 2 aliphatic heterocycles. The Morgan fingerprint density at radius 2 is 2.13 bits per heavy atom. The Morgan fingerprint density at radius 1 is 1.26 bits per heavy atom. The smallest absolute Gasteiger partial charge is 0.274 e. The maximum absolute atomic E-state index is 12.6. The first-order valence-electron chi connectivity index (χ1n) is 7.53. The van der Waals surface area contributed by atoms with Crippen molar-refractivity contribution in [2.45, 2.75) is 24.9 Å². The highest BCUT2D eigenvalue weighted by atomic mass is 16.2. The van der Waals surface area contributed by atoms with Crippen LogP contribution < -0.4 is 4.90 Å². The molecule has 0 bridgehead atoms. The van der Waals surface area contributed by atoms with Crippen molar-refractivity contribution in [1.82, 2.24) is 24.6 Å². The van der Waals surface area contributed by atoms with Gasteiger partial charge in [0.05, 0.1) is 30.2 Å². The van der Waals surface area contributed by atoms with Gasteiger partial charge in [-0.2, -0.15) is 5.10 Å². The van der Waals surface area contributed by atoms with Crippen LogP contribution in [0.15, 0.2) is 31.0 Å². The number of carbonyl (C=O) groups is 2. The number of amides is 2. The van der Waals surface area contributed by atoms with Crippen molar-refractivity contribution in [3.05, 3.63) is 36.7 Å². The van der Waals surface area contributed by atoms with E-state index >= 15 is 0 Å². The molecule has 0 radical (unpaired) electrons. The number of anilines is 1. The average Bonchev–Trinajstić information content (AvgIpc) is 3.22. The minimum atomic E-state index is -0.161. The number of likely N-dealkylation sites (tertiary alicyclic amines) is 1. The molecule has 0 aromatic carbocycles. The van der Waals surface area contributed by atoms with Crippen LogP contribution in [0.1, 0.15) is 23.3 Å². The minimum Gasteiger partial charge on any atom is -0.332 e. The van der Waals surface area contributed by atoms with Gasteiger partial charge in [0, 0.05) is 38.6 Å². The summed E-state index contributed by atoms with van der Waals surface area (Å²) < 4.78 is 1.67. The fourth-order valence-electron chi connectivity index (χ4n) is 3.52. The molecule has 2 aromatic heterocycles. The fourth-order valence-corrected chi connectivity index (χ4v) is 3.52. The molecule has 0 saturated carbocycles. The Hall–Kier alpha value is -2.77. The van der Waals surface area contributed by atoms with Gasteiger partial charge in [0.25, 0.3) is 5.91 Å².